The zero-order valence-corrected chi connectivity index (χ0v) is 14.4. The lowest BCUT2D eigenvalue weighted by Crippen LogP contribution is -2.27. The molecule has 2 rings (SSSR count). The van der Waals surface area contributed by atoms with Crippen molar-refractivity contribution in [2.24, 2.45) is 0 Å². The molecule has 0 radical (unpaired) electrons. The second-order valence-corrected chi connectivity index (χ2v) is 6.20. The number of rotatable bonds is 8. The highest BCUT2D eigenvalue weighted by molar-refractivity contribution is 7.99. The Labute approximate surface area is 146 Å². The summed E-state index contributed by atoms with van der Waals surface area (Å²) < 4.78 is 5.12. The molecule has 124 valence electrons. The van der Waals surface area contributed by atoms with Crippen LogP contribution in [0.25, 0.3) is 0 Å². The number of carbonyl (C=O) groups is 1. The quantitative estimate of drug-likeness (QED) is 0.802. The standard InChI is InChI=1S/C19H20N2O2S/c1-23-18-8-6-15(7-9-18)10-11-21-19(22)14-24-13-17-5-3-2-4-16(17)12-20/h2-9H,10-11,13-14H2,1H3,(H,21,22). The number of hydrogen-bond acceptors (Lipinski definition) is 4. The van der Waals surface area contributed by atoms with Crippen LogP contribution in [0.15, 0.2) is 48.5 Å². The van der Waals surface area contributed by atoms with E-state index >= 15 is 0 Å². The van der Waals surface area contributed by atoms with Crippen molar-refractivity contribution >= 4 is 17.7 Å². The highest BCUT2D eigenvalue weighted by Crippen LogP contribution is 2.15. The predicted molar refractivity (Wildman–Crippen MR) is 97.0 cm³/mol. The summed E-state index contributed by atoms with van der Waals surface area (Å²) in [4.78, 5) is 11.9. The van der Waals surface area contributed by atoms with Crippen LogP contribution in [0.4, 0.5) is 0 Å². The lowest BCUT2D eigenvalue weighted by Gasteiger charge is -2.07. The minimum Gasteiger partial charge on any atom is -0.497 e. The summed E-state index contributed by atoms with van der Waals surface area (Å²) in [7, 11) is 1.64. The van der Waals surface area contributed by atoms with E-state index in [4.69, 9.17) is 10.00 Å². The summed E-state index contributed by atoms with van der Waals surface area (Å²) >= 11 is 1.52. The number of hydrogen-bond donors (Lipinski definition) is 1. The van der Waals surface area contributed by atoms with Crippen LogP contribution >= 0.6 is 11.8 Å². The van der Waals surface area contributed by atoms with Gasteiger partial charge in [-0.3, -0.25) is 4.79 Å². The molecule has 0 unspecified atom stereocenters. The van der Waals surface area contributed by atoms with Crippen LogP contribution in [0.3, 0.4) is 0 Å². The summed E-state index contributed by atoms with van der Waals surface area (Å²) in [6.07, 6.45) is 0.789. The molecule has 0 atom stereocenters. The van der Waals surface area contributed by atoms with Gasteiger partial charge in [0.15, 0.2) is 0 Å². The fourth-order valence-electron chi connectivity index (χ4n) is 2.20. The molecule has 0 bridgehead atoms. The normalized spacial score (nSPS) is 10.0. The van der Waals surface area contributed by atoms with Gasteiger partial charge >= 0.3 is 0 Å². The summed E-state index contributed by atoms with van der Waals surface area (Å²) in [5.74, 6) is 1.90. The summed E-state index contributed by atoms with van der Waals surface area (Å²) in [6, 6.07) is 17.5. The Bertz CT molecular complexity index is 708. The number of nitriles is 1. The average Bonchev–Trinajstić information content (AvgIpc) is 2.62. The highest BCUT2D eigenvalue weighted by Gasteiger charge is 2.04. The Kier molecular flexibility index (Phi) is 7.19. The van der Waals surface area contributed by atoms with Crippen LogP contribution in [0.1, 0.15) is 16.7 Å². The van der Waals surface area contributed by atoms with Crippen molar-refractivity contribution in [1.82, 2.24) is 5.32 Å². The Hall–Kier alpha value is -2.45. The van der Waals surface area contributed by atoms with Gasteiger partial charge in [-0.25, -0.2) is 0 Å². The average molecular weight is 340 g/mol. The second kappa shape index (κ2) is 9.64. The maximum atomic E-state index is 11.9. The van der Waals surface area contributed by atoms with Gasteiger partial charge in [-0.2, -0.15) is 5.26 Å². The van der Waals surface area contributed by atoms with Crippen LogP contribution in [-0.4, -0.2) is 25.3 Å². The molecule has 0 saturated heterocycles. The first-order chi connectivity index (χ1) is 11.7. The number of methoxy groups -OCH3 is 1. The molecule has 0 heterocycles. The van der Waals surface area contributed by atoms with Gasteiger partial charge in [0.2, 0.25) is 5.91 Å². The summed E-state index contributed by atoms with van der Waals surface area (Å²) in [6.45, 7) is 0.612. The molecule has 1 amide bonds. The van der Waals surface area contributed by atoms with Crippen LogP contribution < -0.4 is 10.1 Å². The molecule has 0 aromatic heterocycles. The highest BCUT2D eigenvalue weighted by atomic mass is 32.2. The van der Waals surface area contributed by atoms with Crippen LogP contribution in [0.5, 0.6) is 5.75 Å². The number of nitrogens with zero attached hydrogens (tertiary/aromatic N) is 1. The van der Waals surface area contributed by atoms with Crippen molar-refractivity contribution in [1.29, 1.82) is 5.26 Å². The largest absolute Gasteiger partial charge is 0.497 e. The predicted octanol–water partition coefficient (Wildman–Crippen LogP) is 3.16. The van der Waals surface area contributed by atoms with E-state index in [1.54, 1.807) is 13.2 Å². The van der Waals surface area contributed by atoms with Gasteiger partial charge < -0.3 is 10.1 Å². The topological polar surface area (TPSA) is 62.1 Å². The first-order valence-corrected chi connectivity index (χ1v) is 8.84. The molecule has 0 spiro atoms. The monoisotopic (exact) mass is 340 g/mol. The molecule has 0 aliphatic rings. The number of nitrogens with one attached hydrogen (secondary N) is 1. The SMILES string of the molecule is COc1ccc(CCNC(=O)CSCc2ccccc2C#N)cc1. The van der Waals surface area contributed by atoms with Gasteiger partial charge in [-0.15, -0.1) is 11.8 Å². The number of thioether (sulfide) groups is 1. The van der Waals surface area contributed by atoms with Crippen molar-refractivity contribution in [3.63, 3.8) is 0 Å². The van der Waals surface area contributed by atoms with Crippen LogP contribution in [0, 0.1) is 11.3 Å². The third-order valence-corrected chi connectivity index (χ3v) is 4.50. The number of benzene rings is 2. The Morgan fingerprint density at radius 2 is 1.96 bits per heavy atom. The molecular formula is C19H20N2O2S. The van der Waals surface area contributed by atoms with Crippen molar-refractivity contribution < 1.29 is 9.53 Å². The zero-order valence-electron chi connectivity index (χ0n) is 13.6. The second-order valence-electron chi connectivity index (χ2n) is 5.21. The number of ether oxygens (including phenoxy) is 1. The molecule has 0 saturated carbocycles. The lowest BCUT2D eigenvalue weighted by atomic mass is 10.1. The van der Waals surface area contributed by atoms with E-state index in [-0.39, 0.29) is 5.91 Å². The molecule has 24 heavy (non-hydrogen) atoms. The molecule has 4 nitrogen and oxygen atoms in total. The van der Waals surface area contributed by atoms with E-state index in [1.165, 1.54) is 11.8 Å². The maximum absolute atomic E-state index is 11.9. The van der Waals surface area contributed by atoms with Crippen molar-refractivity contribution in [2.75, 3.05) is 19.4 Å². The van der Waals surface area contributed by atoms with E-state index in [0.29, 0.717) is 23.6 Å². The van der Waals surface area contributed by atoms with Crippen molar-refractivity contribution in [3.8, 4) is 11.8 Å². The smallest absolute Gasteiger partial charge is 0.230 e. The fraction of sp³-hybridized carbons (Fsp3) is 0.263. The Morgan fingerprint density at radius 1 is 1.21 bits per heavy atom. The van der Waals surface area contributed by atoms with Crippen molar-refractivity contribution in [2.45, 2.75) is 12.2 Å². The molecule has 1 N–H and O–H groups in total. The van der Waals surface area contributed by atoms with E-state index in [1.807, 2.05) is 42.5 Å². The van der Waals surface area contributed by atoms with Crippen molar-refractivity contribution in [3.05, 3.63) is 65.2 Å². The molecule has 2 aromatic rings. The number of carbonyl (C=O) groups excluding carboxylic acids is 1. The maximum Gasteiger partial charge on any atom is 0.230 e. The Morgan fingerprint density at radius 3 is 2.67 bits per heavy atom. The minimum atomic E-state index is 0.0166. The van der Waals surface area contributed by atoms with Gasteiger partial charge in [0.1, 0.15) is 5.75 Å². The zero-order chi connectivity index (χ0) is 17.2. The van der Waals surface area contributed by atoms with E-state index < -0.39 is 0 Å². The van der Waals surface area contributed by atoms with Gasteiger partial charge in [0.25, 0.3) is 0 Å². The van der Waals surface area contributed by atoms with E-state index in [9.17, 15) is 4.79 Å². The third kappa shape index (κ3) is 5.64. The molecule has 5 heteroatoms. The first kappa shape index (κ1) is 17.9. The van der Waals surface area contributed by atoms with E-state index in [2.05, 4.69) is 11.4 Å². The molecular weight excluding hydrogens is 320 g/mol. The molecule has 2 aromatic carbocycles. The van der Waals surface area contributed by atoms with Gasteiger partial charge in [-0.1, -0.05) is 30.3 Å². The van der Waals surface area contributed by atoms with Gasteiger partial charge in [0, 0.05) is 12.3 Å². The van der Waals surface area contributed by atoms with E-state index in [0.717, 1.165) is 23.3 Å². The third-order valence-electron chi connectivity index (χ3n) is 3.52. The molecule has 0 fully saturated rings. The Balaban J connectivity index is 1.67. The number of amides is 1. The first-order valence-electron chi connectivity index (χ1n) is 7.68. The van der Waals surface area contributed by atoms with Gasteiger partial charge in [-0.05, 0) is 35.7 Å². The molecule has 0 aliphatic heterocycles. The summed E-state index contributed by atoms with van der Waals surface area (Å²) in [5, 5.41) is 12.0. The molecule has 0 aliphatic carbocycles. The summed E-state index contributed by atoms with van der Waals surface area (Å²) in [5.41, 5.74) is 2.80. The van der Waals surface area contributed by atoms with Crippen LogP contribution in [0.2, 0.25) is 0 Å². The minimum absolute atomic E-state index is 0.0166. The lowest BCUT2D eigenvalue weighted by molar-refractivity contribution is -0.118. The van der Waals surface area contributed by atoms with Crippen LogP contribution in [-0.2, 0) is 17.0 Å². The van der Waals surface area contributed by atoms with Gasteiger partial charge in [0.05, 0.1) is 24.5 Å². The fourth-order valence-corrected chi connectivity index (χ4v) is 3.06.